The lowest BCUT2D eigenvalue weighted by atomic mass is 9.92. The van der Waals surface area contributed by atoms with Crippen molar-refractivity contribution in [2.24, 2.45) is 5.92 Å². The highest BCUT2D eigenvalue weighted by Gasteiger charge is 2.42. The van der Waals surface area contributed by atoms with E-state index in [4.69, 9.17) is 11.6 Å². The number of nitrogens with one attached hydrogen (secondary N) is 1. The van der Waals surface area contributed by atoms with Crippen molar-refractivity contribution in [2.75, 3.05) is 36.8 Å². The lowest BCUT2D eigenvalue weighted by Gasteiger charge is -2.46. The fraction of sp³-hybridized carbons (Fsp3) is 0.421. The standard InChI is InChI=1S/C19H21BrClN3O2S/c1-11(2)19-13-5-18(21)23-7-14(13)16(6-15(19)20)24-9-12(10-24)17-8-22-3-4-27(17,25)26/h5-7,12,17,22H,1,3-4,8-10H2,2H3. The molecule has 4 rings (SSSR count). The first-order chi connectivity index (χ1) is 12.8. The van der Waals surface area contributed by atoms with Crippen molar-refractivity contribution < 1.29 is 8.42 Å². The largest absolute Gasteiger partial charge is 0.370 e. The van der Waals surface area contributed by atoms with E-state index in [0.29, 0.717) is 18.2 Å². The van der Waals surface area contributed by atoms with Gasteiger partial charge in [-0.1, -0.05) is 34.1 Å². The highest BCUT2D eigenvalue weighted by molar-refractivity contribution is 9.10. The van der Waals surface area contributed by atoms with Gasteiger partial charge in [0, 0.05) is 53.8 Å². The molecular formula is C19H21BrClN3O2S. The molecule has 2 aliphatic heterocycles. The monoisotopic (exact) mass is 469 g/mol. The molecule has 0 radical (unpaired) electrons. The predicted molar refractivity (Wildman–Crippen MR) is 115 cm³/mol. The first kappa shape index (κ1) is 19.2. The van der Waals surface area contributed by atoms with Gasteiger partial charge in [0.05, 0.1) is 11.0 Å². The second-order valence-electron chi connectivity index (χ2n) is 7.36. The molecule has 1 unspecified atom stereocenters. The molecule has 0 amide bonds. The lowest BCUT2D eigenvalue weighted by molar-refractivity contribution is 0.368. The number of rotatable bonds is 3. The SMILES string of the molecule is C=C(C)c1c(Br)cc(N2CC(C3CNCCS3(=O)=O)C2)c2cnc(Cl)cc12. The van der Waals surface area contributed by atoms with Crippen molar-refractivity contribution in [3.8, 4) is 0 Å². The van der Waals surface area contributed by atoms with Crippen LogP contribution in [0.25, 0.3) is 16.3 Å². The molecule has 27 heavy (non-hydrogen) atoms. The number of halogens is 2. The minimum Gasteiger partial charge on any atom is -0.370 e. The fourth-order valence-corrected chi connectivity index (χ4v) is 6.87. The summed E-state index contributed by atoms with van der Waals surface area (Å²) >= 11 is 9.81. The highest BCUT2D eigenvalue weighted by atomic mass is 79.9. The minimum atomic E-state index is -3.00. The Hall–Kier alpha value is -1.15. The van der Waals surface area contributed by atoms with Crippen LogP contribution in [0, 0.1) is 5.92 Å². The maximum Gasteiger partial charge on any atom is 0.156 e. The number of aromatic nitrogens is 1. The summed E-state index contributed by atoms with van der Waals surface area (Å²) in [5, 5.41) is 5.37. The van der Waals surface area contributed by atoms with Crippen LogP contribution in [-0.4, -0.2) is 50.6 Å². The topological polar surface area (TPSA) is 62.3 Å². The Labute approximate surface area is 172 Å². The van der Waals surface area contributed by atoms with E-state index in [1.54, 1.807) is 6.20 Å². The van der Waals surface area contributed by atoms with E-state index >= 15 is 0 Å². The quantitative estimate of drug-likeness (QED) is 0.696. The van der Waals surface area contributed by atoms with Gasteiger partial charge >= 0.3 is 0 Å². The molecule has 5 nitrogen and oxygen atoms in total. The molecule has 1 N–H and O–H groups in total. The molecule has 1 atom stereocenters. The highest BCUT2D eigenvalue weighted by Crippen LogP contribution is 2.41. The van der Waals surface area contributed by atoms with Crippen LogP contribution in [0.3, 0.4) is 0 Å². The zero-order valence-corrected chi connectivity index (χ0v) is 18.2. The summed E-state index contributed by atoms with van der Waals surface area (Å²) in [6, 6.07) is 3.94. The third-order valence-electron chi connectivity index (χ3n) is 5.49. The third-order valence-corrected chi connectivity index (χ3v) is 8.57. The summed E-state index contributed by atoms with van der Waals surface area (Å²) in [5.74, 6) is 0.385. The van der Waals surface area contributed by atoms with Gasteiger partial charge in [0.2, 0.25) is 0 Å². The summed E-state index contributed by atoms with van der Waals surface area (Å²) in [5.41, 5.74) is 3.01. The molecule has 0 bridgehead atoms. The molecule has 0 aliphatic carbocycles. The van der Waals surface area contributed by atoms with Crippen molar-refractivity contribution in [2.45, 2.75) is 12.2 Å². The first-order valence-corrected chi connectivity index (χ1v) is 11.8. The molecule has 2 aromatic rings. The second-order valence-corrected chi connectivity index (χ2v) is 10.9. The summed E-state index contributed by atoms with van der Waals surface area (Å²) in [4.78, 5) is 6.48. The Balaban J connectivity index is 1.68. The zero-order chi connectivity index (χ0) is 19.3. The van der Waals surface area contributed by atoms with Gasteiger partial charge in [0.1, 0.15) is 5.15 Å². The van der Waals surface area contributed by atoms with E-state index in [9.17, 15) is 8.42 Å². The van der Waals surface area contributed by atoms with Gasteiger partial charge in [-0.15, -0.1) is 0 Å². The second kappa shape index (κ2) is 7.03. The number of sulfone groups is 1. The van der Waals surface area contributed by atoms with Crippen LogP contribution in [-0.2, 0) is 9.84 Å². The smallest absolute Gasteiger partial charge is 0.156 e. The lowest BCUT2D eigenvalue weighted by Crippen LogP contribution is -2.59. The Morgan fingerprint density at radius 2 is 2.11 bits per heavy atom. The third kappa shape index (κ3) is 3.39. The predicted octanol–water partition coefficient (Wildman–Crippen LogP) is 3.51. The summed E-state index contributed by atoms with van der Waals surface area (Å²) in [6.45, 7) is 8.61. The van der Waals surface area contributed by atoms with Gasteiger partial charge in [-0.2, -0.15) is 0 Å². The maximum atomic E-state index is 12.4. The number of nitrogens with zero attached hydrogens (tertiary/aromatic N) is 2. The van der Waals surface area contributed by atoms with Gasteiger partial charge in [-0.25, -0.2) is 13.4 Å². The van der Waals surface area contributed by atoms with Crippen LogP contribution in [0.4, 0.5) is 5.69 Å². The van der Waals surface area contributed by atoms with E-state index < -0.39 is 9.84 Å². The number of benzene rings is 1. The van der Waals surface area contributed by atoms with E-state index in [0.717, 1.165) is 45.2 Å². The molecule has 8 heteroatoms. The Bertz CT molecular complexity index is 1030. The number of allylic oxidation sites excluding steroid dienone is 1. The van der Waals surface area contributed by atoms with Crippen LogP contribution in [0.1, 0.15) is 12.5 Å². The average Bonchev–Trinajstić information content (AvgIpc) is 2.53. The van der Waals surface area contributed by atoms with Crippen LogP contribution in [0.15, 0.2) is 29.4 Å². The first-order valence-electron chi connectivity index (χ1n) is 8.89. The number of anilines is 1. The van der Waals surface area contributed by atoms with Crippen molar-refractivity contribution >= 4 is 59.4 Å². The van der Waals surface area contributed by atoms with Crippen LogP contribution >= 0.6 is 27.5 Å². The normalized spacial score (nSPS) is 22.6. The molecule has 2 fully saturated rings. The van der Waals surface area contributed by atoms with Crippen molar-refractivity contribution in [3.05, 3.63) is 40.1 Å². The Kier molecular flexibility index (Phi) is 4.99. The molecule has 2 saturated heterocycles. The van der Waals surface area contributed by atoms with E-state index in [2.05, 4.69) is 43.8 Å². The van der Waals surface area contributed by atoms with Gasteiger partial charge in [-0.3, -0.25) is 0 Å². The molecule has 1 aromatic heterocycles. The number of fused-ring (bicyclic) bond motifs is 1. The van der Waals surface area contributed by atoms with Crippen molar-refractivity contribution in [1.82, 2.24) is 10.3 Å². The molecule has 2 aliphatic rings. The van der Waals surface area contributed by atoms with Gasteiger partial charge in [-0.05, 0) is 35.6 Å². The number of hydrogen-bond donors (Lipinski definition) is 1. The van der Waals surface area contributed by atoms with E-state index in [-0.39, 0.29) is 16.9 Å². The molecule has 1 aromatic carbocycles. The van der Waals surface area contributed by atoms with Crippen molar-refractivity contribution in [3.63, 3.8) is 0 Å². The zero-order valence-electron chi connectivity index (χ0n) is 15.0. The molecule has 3 heterocycles. The Morgan fingerprint density at radius 3 is 2.78 bits per heavy atom. The average molecular weight is 471 g/mol. The van der Waals surface area contributed by atoms with E-state index in [1.165, 1.54) is 0 Å². The number of pyridine rings is 1. The molecular weight excluding hydrogens is 450 g/mol. The fourth-order valence-electron chi connectivity index (χ4n) is 4.08. The molecule has 144 valence electrons. The Morgan fingerprint density at radius 1 is 1.37 bits per heavy atom. The maximum absolute atomic E-state index is 12.4. The molecule has 0 saturated carbocycles. The van der Waals surface area contributed by atoms with E-state index in [1.807, 2.05) is 13.0 Å². The summed E-state index contributed by atoms with van der Waals surface area (Å²) in [7, 11) is -3.00. The van der Waals surface area contributed by atoms with Crippen LogP contribution in [0.2, 0.25) is 5.15 Å². The molecule has 0 spiro atoms. The van der Waals surface area contributed by atoms with Crippen LogP contribution in [0.5, 0.6) is 0 Å². The van der Waals surface area contributed by atoms with Crippen LogP contribution < -0.4 is 10.2 Å². The summed E-state index contributed by atoms with van der Waals surface area (Å²) in [6.07, 6.45) is 1.79. The van der Waals surface area contributed by atoms with Gasteiger partial charge in [0.25, 0.3) is 0 Å². The van der Waals surface area contributed by atoms with Crippen molar-refractivity contribution in [1.29, 1.82) is 0 Å². The van der Waals surface area contributed by atoms with Gasteiger partial charge in [0.15, 0.2) is 9.84 Å². The summed E-state index contributed by atoms with van der Waals surface area (Å²) < 4.78 is 25.7. The number of hydrogen-bond acceptors (Lipinski definition) is 5. The minimum absolute atomic E-state index is 0.151. The van der Waals surface area contributed by atoms with Gasteiger partial charge < -0.3 is 10.2 Å².